The molecule has 4 aromatic rings. The molecule has 0 aliphatic carbocycles. The average Bonchev–Trinajstić information content (AvgIpc) is 3.73. The predicted molar refractivity (Wildman–Crippen MR) is 166 cm³/mol. The SMILES string of the molecule is Cc1nc2ccccc2n1C1C[C@H]2CC[C@@H](C1)N2CCC1(c2ccccc2)CCN(C(=O)C(C)(C)c2c[nH]cn2)CC1. The van der Waals surface area contributed by atoms with E-state index in [-0.39, 0.29) is 11.3 Å². The first-order valence-electron chi connectivity index (χ1n) is 15.9. The fourth-order valence-electron chi connectivity index (χ4n) is 8.51. The van der Waals surface area contributed by atoms with E-state index in [1.165, 1.54) is 36.8 Å². The van der Waals surface area contributed by atoms with Crippen LogP contribution in [0.5, 0.6) is 0 Å². The van der Waals surface area contributed by atoms with Gasteiger partial charge in [0.15, 0.2) is 0 Å². The Kier molecular flexibility index (Phi) is 6.96. The van der Waals surface area contributed by atoms with Crippen LogP contribution in [-0.2, 0) is 15.6 Å². The molecular formula is C35H44N6O. The van der Waals surface area contributed by atoms with E-state index >= 15 is 0 Å². The lowest BCUT2D eigenvalue weighted by Crippen LogP contribution is -2.52. The number of aromatic amines is 1. The van der Waals surface area contributed by atoms with Crippen LogP contribution < -0.4 is 0 Å². The molecule has 7 rings (SSSR count). The first-order chi connectivity index (χ1) is 20.4. The predicted octanol–water partition coefficient (Wildman–Crippen LogP) is 6.16. The van der Waals surface area contributed by atoms with Crippen LogP contribution in [0.4, 0.5) is 0 Å². The van der Waals surface area contributed by atoms with Gasteiger partial charge in [0.25, 0.3) is 0 Å². The first-order valence-corrected chi connectivity index (χ1v) is 15.9. The van der Waals surface area contributed by atoms with Crippen LogP contribution in [0.25, 0.3) is 11.0 Å². The number of nitrogens with zero attached hydrogens (tertiary/aromatic N) is 5. The number of piperidine rings is 2. The molecule has 5 heterocycles. The second-order valence-corrected chi connectivity index (χ2v) is 13.5. The number of rotatable bonds is 7. The molecule has 7 nitrogen and oxygen atoms in total. The van der Waals surface area contributed by atoms with E-state index in [1.807, 2.05) is 20.0 Å². The van der Waals surface area contributed by atoms with Crippen molar-refractivity contribution >= 4 is 16.9 Å². The van der Waals surface area contributed by atoms with E-state index in [1.54, 1.807) is 6.33 Å². The fourth-order valence-corrected chi connectivity index (χ4v) is 8.51. The van der Waals surface area contributed by atoms with Gasteiger partial charge in [-0.25, -0.2) is 9.97 Å². The van der Waals surface area contributed by atoms with E-state index in [9.17, 15) is 4.79 Å². The standard InChI is InChI=1S/C35H44N6O/c1-25-38-30-11-7-8-12-31(30)41(25)29-21-27-13-14-28(22-29)40(27)20-17-35(26-9-5-4-6-10-26)15-18-39(19-16-35)33(42)34(2,3)32-23-36-24-37-32/h4-12,23-24,27-29H,13-22H2,1-3H3,(H,36,37)/t27-,28+,29?. The number of carbonyl (C=O) groups is 1. The molecule has 1 amide bonds. The molecule has 2 aromatic heterocycles. The molecule has 2 aromatic carbocycles. The molecule has 3 fully saturated rings. The van der Waals surface area contributed by atoms with E-state index in [0.717, 1.165) is 55.9 Å². The molecule has 3 saturated heterocycles. The number of hydrogen-bond acceptors (Lipinski definition) is 4. The van der Waals surface area contributed by atoms with Gasteiger partial charge in [0, 0.05) is 37.4 Å². The van der Waals surface area contributed by atoms with Crippen molar-refractivity contribution in [2.45, 2.75) is 94.7 Å². The van der Waals surface area contributed by atoms with Gasteiger partial charge in [0.1, 0.15) is 5.82 Å². The molecular weight excluding hydrogens is 520 g/mol. The number of aromatic nitrogens is 4. The van der Waals surface area contributed by atoms with Crippen LogP contribution in [0.3, 0.4) is 0 Å². The zero-order valence-electron chi connectivity index (χ0n) is 25.3. The van der Waals surface area contributed by atoms with Crippen molar-refractivity contribution in [2.75, 3.05) is 19.6 Å². The summed E-state index contributed by atoms with van der Waals surface area (Å²) >= 11 is 0. The molecule has 0 spiro atoms. The van der Waals surface area contributed by atoms with Gasteiger partial charge < -0.3 is 14.5 Å². The maximum Gasteiger partial charge on any atom is 0.234 e. The summed E-state index contributed by atoms with van der Waals surface area (Å²) < 4.78 is 2.53. The average molecular weight is 565 g/mol. The van der Waals surface area contributed by atoms with Crippen LogP contribution in [0.1, 0.15) is 81.9 Å². The summed E-state index contributed by atoms with van der Waals surface area (Å²) in [7, 11) is 0. The molecule has 1 unspecified atom stereocenters. The zero-order chi connectivity index (χ0) is 28.9. The molecule has 42 heavy (non-hydrogen) atoms. The highest BCUT2D eigenvalue weighted by Crippen LogP contribution is 2.45. The quantitative estimate of drug-likeness (QED) is 0.292. The highest BCUT2D eigenvalue weighted by molar-refractivity contribution is 5.87. The van der Waals surface area contributed by atoms with Gasteiger partial charge in [-0.3, -0.25) is 9.69 Å². The van der Waals surface area contributed by atoms with Crippen molar-refractivity contribution in [3.05, 3.63) is 84.2 Å². The topological polar surface area (TPSA) is 70.1 Å². The number of hydrogen-bond donors (Lipinski definition) is 1. The van der Waals surface area contributed by atoms with Crippen molar-refractivity contribution in [1.82, 2.24) is 29.3 Å². The summed E-state index contributed by atoms with van der Waals surface area (Å²) in [5, 5.41) is 0. The van der Waals surface area contributed by atoms with Gasteiger partial charge in [0.2, 0.25) is 5.91 Å². The maximum absolute atomic E-state index is 13.7. The second-order valence-electron chi connectivity index (χ2n) is 13.5. The fraction of sp³-hybridized carbons (Fsp3) is 0.514. The summed E-state index contributed by atoms with van der Waals surface area (Å²) in [5.74, 6) is 1.33. The van der Waals surface area contributed by atoms with Gasteiger partial charge >= 0.3 is 0 Å². The van der Waals surface area contributed by atoms with Gasteiger partial charge in [-0.15, -0.1) is 0 Å². The summed E-state index contributed by atoms with van der Waals surface area (Å²) in [4.78, 5) is 30.9. The smallest absolute Gasteiger partial charge is 0.234 e. The third kappa shape index (κ3) is 4.66. The highest BCUT2D eigenvalue weighted by atomic mass is 16.2. The largest absolute Gasteiger partial charge is 0.351 e. The van der Waals surface area contributed by atoms with Crippen molar-refractivity contribution in [3.8, 4) is 0 Å². The number of H-pyrrole nitrogens is 1. The minimum absolute atomic E-state index is 0.0992. The van der Waals surface area contributed by atoms with Crippen LogP contribution in [0.15, 0.2) is 67.1 Å². The Hall–Kier alpha value is -3.45. The maximum atomic E-state index is 13.7. The number of para-hydroxylation sites is 2. The molecule has 220 valence electrons. The van der Waals surface area contributed by atoms with E-state index in [0.29, 0.717) is 18.1 Å². The lowest BCUT2D eigenvalue weighted by molar-refractivity contribution is -0.138. The minimum atomic E-state index is -0.630. The third-order valence-corrected chi connectivity index (χ3v) is 10.9. The number of nitrogens with one attached hydrogen (secondary N) is 1. The van der Waals surface area contributed by atoms with Crippen molar-refractivity contribution in [1.29, 1.82) is 0 Å². The number of carbonyl (C=O) groups excluding carboxylic acids is 1. The zero-order valence-corrected chi connectivity index (χ0v) is 25.3. The molecule has 0 radical (unpaired) electrons. The normalized spacial score (nSPS) is 24.4. The second kappa shape index (κ2) is 10.7. The Morgan fingerprint density at radius 3 is 2.36 bits per heavy atom. The third-order valence-electron chi connectivity index (χ3n) is 10.9. The number of fused-ring (bicyclic) bond motifs is 3. The van der Waals surface area contributed by atoms with Crippen molar-refractivity contribution < 1.29 is 4.79 Å². The Bertz CT molecular complexity index is 1520. The molecule has 0 saturated carbocycles. The van der Waals surface area contributed by atoms with Gasteiger partial charge in [-0.1, -0.05) is 42.5 Å². The molecule has 2 bridgehead atoms. The number of benzene rings is 2. The van der Waals surface area contributed by atoms with Gasteiger partial charge in [0.05, 0.1) is 28.5 Å². The lowest BCUT2D eigenvalue weighted by Gasteiger charge is -2.46. The highest BCUT2D eigenvalue weighted by Gasteiger charge is 2.45. The van der Waals surface area contributed by atoms with E-state index < -0.39 is 5.41 Å². The van der Waals surface area contributed by atoms with Crippen LogP contribution >= 0.6 is 0 Å². The minimum Gasteiger partial charge on any atom is -0.351 e. The van der Waals surface area contributed by atoms with Crippen molar-refractivity contribution in [2.24, 2.45) is 0 Å². The van der Waals surface area contributed by atoms with Crippen LogP contribution in [-0.4, -0.2) is 66.9 Å². The molecule has 1 N–H and O–H groups in total. The lowest BCUT2D eigenvalue weighted by atomic mass is 9.70. The van der Waals surface area contributed by atoms with Crippen molar-refractivity contribution in [3.63, 3.8) is 0 Å². The Balaban J connectivity index is 1.06. The summed E-state index contributed by atoms with van der Waals surface area (Å²) in [6.07, 6.45) is 11.7. The van der Waals surface area contributed by atoms with E-state index in [4.69, 9.17) is 4.98 Å². The monoisotopic (exact) mass is 564 g/mol. The number of aryl methyl sites for hydroxylation is 1. The van der Waals surface area contributed by atoms with Gasteiger partial charge in [-0.2, -0.15) is 0 Å². The Morgan fingerprint density at radius 1 is 0.976 bits per heavy atom. The molecule has 3 aliphatic rings. The number of likely N-dealkylation sites (tertiary alicyclic amines) is 1. The van der Waals surface area contributed by atoms with Crippen LogP contribution in [0.2, 0.25) is 0 Å². The molecule has 3 atom stereocenters. The van der Waals surface area contributed by atoms with Gasteiger partial charge in [-0.05, 0) is 95.4 Å². The number of imidazole rings is 2. The number of amides is 1. The summed E-state index contributed by atoms with van der Waals surface area (Å²) in [6, 6.07) is 21.5. The summed E-state index contributed by atoms with van der Waals surface area (Å²) in [5.41, 5.74) is 4.12. The first kappa shape index (κ1) is 27.4. The van der Waals surface area contributed by atoms with Crippen LogP contribution in [0, 0.1) is 6.92 Å². The van der Waals surface area contributed by atoms with E-state index in [2.05, 4.69) is 85.9 Å². The molecule has 3 aliphatic heterocycles. The molecule has 7 heteroatoms. The summed E-state index contributed by atoms with van der Waals surface area (Å²) in [6.45, 7) is 8.89. The Morgan fingerprint density at radius 2 is 1.67 bits per heavy atom. The Labute approximate surface area is 249 Å².